The maximum Gasteiger partial charge on any atom is 0.0159 e. The van der Waals surface area contributed by atoms with Crippen LogP contribution in [0.25, 0.3) is 98.7 Å². The average molecular weight is 727 g/mol. The Morgan fingerprint density at radius 1 is 0.281 bits per heavy atom. The van der Waals surface area contributed by atoms with Gasteiger partial charge in [0.2, 0.25) is 0 Å². The fourth-order valence-electron chi connectivity index (χ4n) is 9.99. The van der Waals surface area contributed by atoms with E-state index in [0.717, 1.165) is 0 Å². The van der Waals surface area contributed by atoms with Gasteiger partial charge in [-0.3, -0.25) is 0 Å². The van der Waals surface area contributed by atoms with Crippen molar-refractivity contribution in [3.63, 3.8) is 0 Å². The fraction of sp³-hybridized carbons (Fsp3) is 0.0877. The number of aryl methyl sites for hydroxylation is 2. The molecule has 0 bridgehead atoms. The van der Waals surface area contributed by atoms with E-state index in [1.807, 2.05) is 0 Å². The lowest BCUT2D eigenvalue weighted by Gasteiger charge is -2.24. The van der Waals surface area contributed by atoms with Gasteiger partial charge in [-0.15, -0.1) is 0 Å². The molecule has 0 fully saturated rings. The Kier molecular flexibility index (Phi) is 7.44. The highest BCUT2D eigenvalue weighted by molar-refractivity contribution is 6.23. The van der Waals surface area contributed by atoms with E-state index >= 15 is 0 Å². The van der Waals surface area contributed by atoms with Gasteiger partial charge in [-0.25, -0.2) is 0 Å². The van der Waals surface area contributed by atoms with E-state index in [0.29, 0.717) is 0 Å². The third-order valence-corrected chi connectivity index (χ3v) is 12.8. The molecule has 0 spiro atoms. The number of hydrogen-bond donors (Lipinski definition) is 0. The first-order valence-corrected chi connectivity index (χ1v) is 20.2. The van der Waals surface area contributed by atoms with Crippen LogP contribution in [0, 0.1) is 13.8 Å². The second kappa shape index (κ2) is 12.6. The van der Waals surface area contributed by atoms with Crippen LogP contribution in [0.5, 0.6) is 0 Å². The quantitative estimate of drug-likeness (QED) is 0.158. The summed E-state index contributed by atoms with van der Waals surface area (Å²) >= 11 is 0. The summed E-state index contributed by atoms with van der Waals surface area (Å²) in [6.45, 7) is 9.15. The molecule has 11 rings (SSSR count). The second-order valence-electron chi connectivity index (χ2n) is 16.6. The summed E-state index contributed by atoms with van der Waals surface area (Å²) in [4.78, 5) is 0. The molecule has 0 amide bonds. The third kappa shape index (κ3) is 5.07. The van der Waals surface area contributed by atoms with E-state index in [1.54, 1.807) is 0 Å². The highest BCUT2D eigenvalue weighted by Gasteiger charge is 2.36. The average Bonchev–Trinajstić information content (AvgIpc) is 3.47. The molecule has 0 nitrogen and oxygen atoms in total. The number of hydrogen-bond acceptors (Lipinski definition) is 0. The lowest BCUT2D eigenvalue weighted by atomic mass is 9.79. The van der Waals surface area contributed by atoms with Crippen molar-refractivity contribution in [2.45, 2.75) is 33.1 Å². The first-order chi connectivity index (χ1) is 27.9. The molecule has 0 aromatic heterocycles. The standard InChI is InChI=1S/C57H42/c1-35-21-25-37(26-22-35)53-43-13-5-9-17-47(43)55(48-18-10-6-14-44(48)53)39-29-31-41-42-32-30-40(34-52(42)57(3,4)51(41)33-39)56-49-19-11-7-15-45(49)54(38-27-23-36(2)24-28-38)46-16-8-12-20-50(46)56/h5-34H,1-4H3. The summed E-state index contributed by atoms with van der Waals surface area (Å²) in [7, 11) is 0. The molecule has 10 aromatic carbocycles. The smallest absolute Gasteiger partial charge is 0.0159 e. The zero-order chi connectivity index (χ0) is 38.4. The molecule has 0 atom stereocenters. The van der Waals surface area contributed by atoms with Gasteiger partial charge in [0, 0.05) is 5.41 Å². The highest BCUT2D eigenvalue weighted by atomic mass is 14.4. The van der Waals surface area contributed by atoms with Gasteiger partial charge in [0.1, 0.15) is 0 Å². The molecular weight excluding hydrogens is 685 g/mol. The van der Waals surface area contributed by atoms with Crippen LogP contribution < -0.4 is 0 Å². The van der Waals surface area contributed by atoms with Gasteiger partial charge in [-0.2, -0.15) is 0 Å². The SMILES string of the molecule is Cc1ccc(-c2c3ccccc3c(-c3ccc4c(c3)C(C)(C)c3cc(-c5c6ccccc6c(-c6ccc(C)cc6)c6ccccc56)ccc3-4)c3ccccc23)cc1. The Morgan fingerprint density at radius 3 is 0.807 bits per heavy atom. The van der Waals surface area contributed by atoms with E-state index < -0.39 is 0 Å². The van der Waals surface area contributed by atoms with Crippen LogP contribution >= 0.6 is 0 Å². The summed E-state index contributed by atoms with van der Waals surface area (Å²) in [5.74, 6) is 0. The van der Waals surface area contributed by atoms with Crippen molar-refractivity contribution in [3.8, 4) is 55.6 Å². The zero-order valence-corrected chi connectivity index (χ0v) is 32.8. The van der Waals surface area contributed by atoms with Crippen molar-refractivity contribution in [1.82, 2.24) is 0 Å². The Hall–Kier alpha value is -6.76. The summed E-state index contributed by atoms with van der Waals surface area (Å²) in [6, 6.07) is 68.4. The van der Waals surface area contributed by atoms with Gasteiger partial charge in [-0.1, -0.05) is 195 Å². The van der Waals surface area contributed by atoms with Gasteiger partial charge < -0.3 is 0 Å². The topological polar surface area (TPSA) is 0 Å². The van der Waals surface area contributed by atoms with Crippen molar-refractivity contribution >= 4 is 43.1 Å². The van der Waals surface area contributed by atoms with Crippen LogP contribution in [0.3, 0.4) is 0 Å². The Bertz CT molecular complexity index is 2910. The van der Waals surface area contributed by atoms with Crippen molar-refractivity contribution in [2.75, 3.05) is 0 Å². The summed E-state index contributed by atoms with van der Waals surface area (Å²) in [5, 5.41) is 10.3. The van der Waals surface area contributed by atoms with Crippen LogP contribution in [0.15, 0.2) is 182 Å². The molecule has 0 aliphatic heterocycles. The normalized spacial score (nSPS) is 13.1. The lowest BCUT2D eigenvalue weighted by molar-refractivity contribution is 0.661. The number of benzene rings is 10. The predicted molar refractivity (Wildman–Crippen MR) is 245 cm³/mol. The van der Waals surface area contributed by atoms with Crippen molar-refractivity contribution in [1.29, 1.82) is 0 Å². The Morgan fingerprint density at radius 2 is 0.526 bits per heavy atom. The Balaban J connectivity index is 1.09. The fourth-order valence-corrected chi connectivity index (χ4v) is 9.99. The van der Waals surface area contributed by atoms with Crippen LogP contribution in [-0.2, 0) is 5.41 Å². The maximum atomic E-state index is 2.50. The first kappa shape index (κ1) is 33.6. The van der Waals surface area contributed by atoms with Crippen LogP contribution in [0.2, 0.25) is 0 Å². The zero-order valence-electron chi connectivity index (χ0n) is 32.8. The number of fused-ring (bicyclic) bond motifs is 7. The van der Waals surface area contributed by atoms with E-state index in [4.69, 9.17) is 0 Å². The van der Waals surface area contributed by atoms with Gasteiger partial charge in [-0.05, 0) is 136 Å². The van der Waals surface area contributed by atoms with E-state index in [-0.39, 0.29) is 5.41 Å². The summed E-state index contributed by atoms with van der Waals surface area (Å²) in [6.07, 6.45) is 0. The maximum absolute atomic E-state index is 2.50. The monoisotopic (exact) mass is 726 g/mol. The molecule has 0 saturated carbocycles. The molecule has 0 heteroatoms. The van der Waals surface area contributed by atoms with Gasteiger partial charge in [0.25, 0.3) is 0 Å². The lowest BCUT2D eigenvalue weighted by Crippen LogP contribution is -2.15. The van der Waals surface area contributed by atoms with Crippen molar-refractivity contribution in [3.05, 3.63) is 204 Å². The first-order valence-electron chi connectivity index (χ1n) is 20.2. The van der Waals surface area contributed by atoms with Gasteiger partial charge in [0.15, 0.2) is 0 Å². The summed E-state index contributed by atoms with van der Waals surface area (Å²) < 4.78 is 0. The molecule has 270 valence electrons. The Labute approximate surface area is 334 Å². The van der Waals surface area contributed by atoms with Crippen LogP contribution in [-0.4, -0.2) is 0 Å². The molecule has 1 aliphatic carbocycles. The minimum atomic E-state index is -0.197. The number of rotatable bonds is 4. The third-order valence-electron chi connectivity index (χ3n) is 12.8. The van der Waals surface area contributed by atoms with Gasteiger partial charge in [0.05, 0.1) is 0 Å². The second-order valence-corrected chi connectivity index (χ2v) is 16.6. The molecule has 10 aromatic rings. The molecule has 1 aliphatic rings. The molecule has 0 heterocycles. The molecular formula is C57H42. The predicted octanol–water partition coefficient (Wildman–Crippen LogP) is 15.9. The molecule has 0 saturated heterocycles. The summed E-state index contributed by atoms with van der Waals surface area (Å²) in [5.41, 5.74) is 18.0. The van der Waals surface area contributed by atoms with Gasteiger partial charge >= 0.3 is 0 Å². The van der Waals surface area contributed by atoms with Crippen LogP contribution in [0.1, 0.15) is 36.1 Å². The minimum absolute atomic E-state index is 0.197. The molecule has 0 N–H and O–H groups in total. The van der Waals surface area contributed by atoms with E-state index in [1.165, 1.54) is 121 Å². The van der Waals surface area contributed by atoms with E-state index in [9.17, 15) is 0 Å². The molecule has 0 unspecified atom stereocenters. The van der Waals surface area contributed by atoms with Crippen LogP contribution in [0.4, 0.5) is 0 Å². The highest BCUT2D eigenvalue weighted by Crippen LogP contribution is 2.53. The van der Waals surface area contributed by atoms with Crippen molar-refractivity contribution < 1.29 is 0 Å². The largest absolute Gasteiger partial charge is 0.0616 e. The van der Waals surface area contributed by atoms with Crippen molar-refractivity contribution in [2.24, 2.45) is 0 Å². The molecule has 0 radical (unpaired) electrons. The minimum Gasteiger partial charge on any atom is -0.0616 e. The molecule has 57 heavy (non-hydrogen) atoms. The van der Waals surface area contributed by atoms with E-state index in [2.05, 4.69) is 210 Å².